The van der Waals surface area contributed by atoms with Crippen LogP contribution < -0.4 is 5.32 Å². The molecule has 2 fully saturated rings. The van der Waals surface area contributed by atoms with Crippen LogP contribution in [-0.4, -0.2) is 66.8 Å². The molecular weight excluding hydrogens is 266 g/mol. The van der Waals surface area contributed by atoms with Gasteiger partial charge in [-0.15, -0.1) is 0 Å². The van der Waals surface area contributed by atoms with Gasteiger partial charge in [0.15, 0.2) is 0 Å². The Hall–Kier alpha value is -0.810. The van der Waals surface area contributed by atoms with Gasteiger partial charge in [0, 0.05) is 25.7 Å². The Morgan fingerprint density at radius 2 is 2.00 bits per heavy atom. The van der Waals surface area contributed by atoms with Crippen LogP contribution in [0.25, 0.3) is 0 Å². The molecule has 0 aliphatic carbocycles. The Morgan fingerprint density at radius 3 is 2.62 bits per heavy atom. The third-order valence-electron chi connectivity index (χ3n) is 4.35. The Morgan fingerprint density at radius 1 is 1.24 bits per heavy atom. The molecule has 0 bridgehead atoms. The van der Waals surface area contributed by atoms with E-state index in [2.05, 4.69) is 17.1 Å². The minimum atomic E-state index is -0.407. The van der Waals surface area contributed by atoms with E-state index in [-0.39, 0.29) is 6.09 Å². The summed E-state index contributed by atoms with van der Waals surface area (Å²) in [6.45, 7) is 14.2. The van der Waals surface area contributed by atoms with Crippen LogP contribution in [0.3, 0.4) is 0 Å². The van der Waals surface area contributed by atoms with Crippen molar-refractivity contribution >= 4 is 6.09 Å². The molecule has 0 aromatic heterocycles. The van der Waals surface area contributed by atoms with Crippen molar-refractivity contribution in [2.75, 3.05) is 39.3 Å². The Labute approximate surface area is 129 Å². The average molecular weight is 297 g/mol. The van der Waals surface area contributed by atoms with Crippen molar-refractivity contribution in [3.8, 4) is 0 Å². The van der Waals surface area contributed by atoms with Gasteiger partial charge in [-0.1, -0.05) is 6.92 Å². The molecule has 2 rings (SSSR count). The second-order valence-corrected chi connectivity index (χ2v) is 7.37. The normalized spacial score (nSPS) is 27.3. The SMILES string of the molecule is CCN1CCC(CNC2CCN(C(=O)OC(C)(C)C)C2)C1. The smallest absolute Gasteiger partial charge is 0.410 e. The molecule has 5 heteroatoms. The number of ether oxygens (including phenoxy) is 1. The lowest BCUT2D eigenvalue weighted by molar-refractivity contribution is 0.0291. The lowest BCUT2D eigenvalue weighted by Crippen LogP contribution is -2.39. The molecule has 2 unspecified atom stereocenters. The van der Waals surface area contributed by atoms with Crippen molar-refractivity contribution in [2.45, 2.75) is 52.2 Å². The van der Waals surface area contributed by atoms with Gasteiger partial charge in [0.1, 0.15) is 5.60 Å². The number of hydrogen-bond acceptors (Lipinski definition) is 4. The predicted octanol–water partition coefficient (Wildman–Crippen LogP) is 1.93. The van der Waals surface area contributed by atoms with Crippen molar-refractivity contribution in [1.82, 2.24) is 15.1 Å². The summed E-state index contributed by atoms with van der Waals surface area (Å²) < 4.78 is 5.43. The zero-order valence-electron chi connectivity index (χ0n) is 14.0. The van der Waals surface area contributed by atoms with Crippen molar-refractivity contribution in [1.29, 1.82) is 0 Å². The van der Waals surface area contributed by atoms with Gasteiger partial charge in [-0.05, 0) is 59.2 Å². The van der Waals surface area contributed by atoms with Gasteiger partial charge in [-0.2, -0.15) is 0 Å². The summed E-state index contributed by atoms with van der Waals surface area (Å²) in [5, 5.41) is 3.64. The molecular formula is C16H31N3O2. The summed E-state index contributed by atoms with van der Waals surface area (Å²) in [5.41, 5.74) is -0.407. The third-order valence-corrected chi connectivity index (χ3v) is 4.35. The van der Waals surface area contributed by atoms with Crippen molar-refractivity contribution < 1.29 is 9.53 Å². The summed E-state index contributed by atoms with van der Waals surface area (Å²) in [6, 6.07) is 0.424. The lowest BCUT2D eigenvalue weighted by Gasteiger charge is -2.24. The molecule has 0 spiro atoms. The maximum Gasteiger partial charge on any atom is 0.410 e. The van der Waals surface area contributed by atoms with Crippen LogP contribution in [0.15, 0.2) is 0 Å². The zero-order valence-corrected chi connectivity index (χ0v) is 14.0. The molecule has 2 heterocycles. The van der Waals surface area contributed by atoms with Gasteiger partial charge in [-0.25, -0.2) is 4.79 Å². The van der Waals surface area contributed by atoms with E-state index >= 15 is 0 Å². The first kappa shape index (κ1) is 16.6. The van der Waals surface area contributed by atoms with Crippen LogP contribution in [0.5, 0.6) is 0 Å². The second-order valence-electron chi connectivity index (χ2n) is 7.37. The number of nitrogens with one attached hydrogen (secondary N) is 1. The molecule has 122 valence electrons. The molecule has 0 aromatic rings. The predicted molar refractivity (Wildman–Crippen MR) is 84.4 cm³/mol. The lowest BCUT2D eigenvalue weighted by atomic mass is 10.1. The fourth-order valence-electron chi connectivity index (χ4n) is 3.12. The number of rotatable bonds is 4. The quantitative estimate of drug-likeness (QED) is 0.861. The Balaban J connectivity index is 1.67. The van der Waals surface area contributed by atoms with Gasteiger partial charge in [0.2, 0.25) is 0 Å². The van der Waals surface area contributed by atoms with Crippen LogP contribution >= 0.6 is 0 Å². The summed E-state index contributed by atoms with van der Waals surface area (Å²) in [6.07, 6.45) is 2.15. The minimum Gasteiger partial charge on any atom is -0.444 e. The van der Waals surface area contributed by atoms with Crippen molar-refractivity contribution in [3.63, 3.8) is 0 Å². The van der Waals surface area contributed by atoms with Crippen LogP contribution in [-0.2, 0) is 4.74 Å². The fourth-order valence-corrected chi connectivity index (χ4v) is 3.12. The molecule has 1 amide bonds. The van der Waals surface area contributed by atoms with Crippen molar-refractivity contribution in [3.05, 3.63) is 0 Å². The van der Waals surface area contributed by atoms with E-state index in [4.69, 9.17) is 4.74 Å². The van der Waals surface area contributed by atoms with Crippen LogP contribution in [0.4, 0.5) is 4.79 Å². The summed E-state index contributed by atoms with van der Waals surface area (Å²) in [4.78, 5) is 16.4. The van der Waals surface area contributed by atoms with Gasteiger partial charge in [-0.3, -0.25) is 0 Å². The fraction of sp³-hybridized carbons (Fsp3) is 0.938. The van der Waals surface area contributed by atoms with E-state index < -0.39 is 5.60 Å². The van der Waals surface area contributed by atoms with Crippen LogP contribution in [0.1, 0.15) is 40.5 Å². The van der Waals surface area contributed by atoms with E-state index in [9.17, 15) is 4.79 Å². The maximum absolute atomic E-state index is 12.0. The molecule has 1 N–H and O–H groups in total. The third kappa shape index (κ3) is 5.15. The number of amides is 1. The molecule has 2 aliphatic heterocycles. The largest absolute Gasteiger partial charge is 0.444 e. The van der Waals surface area contributed by atoms with Gasteiger partial charge >= 0.3 is 6.09 Å². The molecule has 5 nitrogen and oxygen atoms in total. The maximum atomic E-state index is 12.0. The average Bonchev–Trinajstić information content (AvgIpc) is 3.03. The molecule has 2 saturated heterocycles. The summed E-state index contributed by atoms with van der Waals surface area (Å²) in [7, 11) is 0. The van der Waals surface area contributed by atoms with E-state index in [0.717, 1.165) is 38.5 Å². The van der Waals surface area contributed by atoms with Gasteiger partial charge < -0.3 is 19.9 Å². The molecule has 0 saturated carbocycles. The van der Waals surface area contributed by atoms with Crippen molar-refractivity contribution in [2.24, 2.45) is 5.92 Å². The van der Waals surface area contributed by atoms with E-state index in [1.807, 2.05) is 25.7 Å². The van der Waals surface area contributed by atoms with E-state index in [0.29, 0.717) is 6.04 Å². The number of nitrogens with zero attached hydrogens (tertiary/aromatic N) is 2. The van der Waals surface area contributed by atoms with Gasteiger partial charge in [0.25, 0.3) is 0 Å². The van der Waals surface area contributed by atoms with Crippen LogP contribution in [0.2, 0.25) is 0 Å². The standard InChI is InChI=1S/C16H31N3O2/c1-5-18-8-6-13(11-18)10-17-14-7-9-19(12-14)15(20)21-16(2,3)4/h13-14,17H,5-12H2,1-4H3. The second kappa shape index (κ2) is 6.97. The first-order chi connectivity index (χ1) is 9.87. The first-order valence-electron chi connectivity index (χ1n) is 8.31. The number of carbonyl (C=O) groups excluding carboxylic acids is 1. The van der Waals surface area contributed by atoms with E-state index in [1.165, 1.54) is 19.5 Å². The molecule has 2 atom stereocenters. The Kier molecular flexibility index (Phi) is 5.49. The molecule has 0 radical (unpaired) electrons. The van der Waals surface area contributed by atoms with Crippen LogP contribution in [0, 0.1) is 5.92 Å². The number of hydrogen-bond donors (Lipinski definition) is 1. The van der Waals surface area contributed by atoms with Gasteiger partial charge in [0.05, 0.1) is 0 Å². The Bertz CT molecular complexity index is 354. The summed E-state index contributed by atoms with van der Waals surface area (Å²) in [5.74, 6) is 0.764. The zero-order chi connectivity index (χ0) is 15.5. The topological polar surface area (TPSA) is 44.8 Å². The van der Waals surface area contributed by atoms with E-state index in [1.54, 1.807) is 0 Å². The minimum absolute atomic E-state index is 0.176. The summed E-state index contributed by atoms with van der Waals surface area (Å²) >= 11 is 0. The first-order valence-corrected chi connectivity index (χ1v) is 8.31. The monoisotopic (exact) mass is 297 g/mol. The highest BCUT2D eigenvalue weighted by Gasteiger charge is 2.30. The highest BCUT2D eigenvalue weighted by atomic mass is 16.6. The highest BCUT2D eigenvalue weighted by Crippen LogP contribution is 2.18. The highest BCUT2D eigenvalue weighted by molar-refractivity contribution is 5.68. The number of likely N-dealkylation sites (tertiary alicyclic amines) is 2. The molecule has 0 aromatic carbocycles. The molecule has 21 heavy (non-hydrogen) atoms. The molecule has 2 aliphatic rings. The number of carbonyl (C=O) groups is 1.